The Balaban J connectivity index is 1.92. The Kier molecular flexibility index (Phi) is 3.47. The van der Waals surface area contributed by atoms with Crippen LogP contribution in [0.3, 0.4) is 0 Å². The summed E-state index contributed by atoms with van der Waals surface area (Å²) in [7, 11) is 0. The van der Waals surface area contributed by atoms with Crippen LogP contribution in [0.1, 0.15) is 31.5 Å². The van der Waals surface area contributed by atoms with Crippen LogP contribution < -0.4 is 0 Å². The molecule has 0 saturated carbocycles. The van der Waals surface area contributed by atoms with Gasteiger partial charge >= 0.3 is 0 Å². The number of aromatic amines is 1. The van der Waals surface area contributed by atoms with E-state index >= 15 is 0 Å². The number of nitrogens with zero attached hydrogens (tertiary/aromatic N) is 1. The maximum absolute atomic E-state index is 12.2. The fraction of sp³-hybridized carbons (Fsp3) is 0.438. The summed E-state index contributed by atoms with van der Waals surface area (Å²) in [4.78, 5) is 17.6. The normalized spacial score (nSPS) is 14.9. The number of hydrogen-bond donors (Lipinski definition) is 1. The van der Waals surface area contributed by atoms with E-state index in [1.54, 1.807) is 0 Å². The number of hydrogen-bond acceptors (Lipinski definition) is 1. The van der Waals surface area contributed by atoms with E-state index in [2.05, 4.69) is 18.8 Å². The number of amides is 1. The molecule has 0 unspecified atom stereocenters. The lowest BCUT2D eigenvalue weighted by molar-refractivity contribution is -0.132. The van der Waals surface area contributed by atoms with E-state index in [1.807, 2.05) is 23.1 Å². The Morgan fingerprint density at radius 3 is 3.00 bits per heavy atom. The lowest BCUT2D eigenvalue weighted by Crippen LogP contribution is -2.36. The Morgan fingerprint density at radius 1 is 1.45 bits per heavy atom. The molecule has 0 radical (unpaired) electrons. The standard InChI is InChI=1S/C16H19ClN2O/c1-10(2)7-16(20)19-6-5-15-13(9-19)12-8-11(17)3-4-14(12)18-15/h3-4,8,10,18H,5-7,9H2,1-2H3. The number of H-pyrrole nitrogens is 1. The van der Waals surface area contributed by atoms with Crippen LogP contribution in [0.25, 0.3) is 10.9 Å². The predicted octanol–water partition coefficient (Wildman–Crippen LogP) is 3.75. The van der Waals surface area contributed by atoms with E-state index in [4.69, 9.17) is 11.6 Å². The summed E-state index contributed by atoms with van der Waals surface area (Å²) in [5.74, 6) is 0.656. The molecule has 4 heteroatoms. The van der Waals surface area contributed by atoms with Crippen molar-refractivity contribution in [2.75, 3.05) is 6.54 Å². The quantitative estimate of drug-likeness (QED) is 0.898. The van der Waals surface area contributed by atoms with Gasteiger partial charge in [-0.15, -0.1) is 0 Å². The van der Waals surface area contributed by atoms with Crippen molar-refractivity contribution in [2.24, 2.45) is 5.92 Å². The van der Waals surface area contributed by atoms with Gasteiger partial charge < -0.3 is 9.88 Å². The second-order valence-electron chi connectivity index (χ2n) is 5.94. The average molecular weight is 291 g/mol. The third kappa shape index (κ3) is 2.42. The Hall–Kier alpha value is -1.48. The van der Waals surface area contributed by atoms with Gasteiger partial charge in [0.25, 0.3) is 0 Å². The van der Waals surface area contributed by atoms with Crippen molar-refractivity contribution in [3.05, 3.63) is 34.5 Å². The molecule has 1 aromatic carbocycles. The maximum atomic E-state index is 12.2. The Morgan fingerprint density at radius 2 is 2.25 bits per heavy atom. The van der Waals surface area contributed by atoms with Gasteiger partial charge in [0, 0.05) is 53.1 Å². The molecular formula is C16H19ClN2O. The molecule has 2 heterocycles. The average Bonchev–Trinajstić information content (AvgIpc) is 2.75. The number of carbonyl (C=O) groups excluding carboxylic acids is 1. The van der Waals surface area contributed by atoms with Crippen molar-refractivity contribution in [3.63, 3.8) is 0 Å². The number of nitrogens with one attached hydrogen (secondary N) is 1. The van der Waals surface area contributed by atoms with Crippen molar-refractivity contribution in [2.45, 2.75) is 33.2 Å². The van der Waals surface area contributed by atoms with Crippen molar-refractivity contribution in [1.29, 1.82) is 0 Å². The molecular weight excluding hydrogens is 272 g/mol. The number of rotatable bonds is 2. The topological polar surface area (TPSA) is 36.1 Å². The summed E-state index contributed by atoms with van der Waals surface area (Å²) in [5.41, 5.74) is 3.58. The number of carbonyl (C=O) groups is 1. The van der Waals surface area contributed by atoms with E-state index in [0.717, 1.165) is 28.9 Å². The minimum Gasteiger partial charge on any atom is -0.358 e. The summed E-state index contributed by atoms with van der Waals surface area (Å²) >= 11 is 6.09. The third-order valence-electron chi connectivity index (χ3n) is 3.87. The molecule has 0 spiro atoms. The highest BCUT2D eigenvalue weighted by molar-refractivity contribution is 6.31. The molecule has 1 aromatic heterocycles. The van der Waals surface area contributed by atoms with Crippen LogP contribution in [-0.2, 0) is 17.8 Å². The summed E-state index contributed by atoms with van der Waals surface area (Å²) in [6, 6.07) is 5.90. The zero-order valence-corrected chi connectivity index (χ0v) is 12.6. The van der Waals surface area contributed by atoms with Crippen LogP contribution in [0.5, 0.6) is 0 Å². The molecule has 0 aliphatic carbocycles. The van der Waals surface area contributed by atoms with Gasteiger partial charge in [-0.05, 0) is 24.1 Å². The SMILES string of the molecule is CC(C)CC(=O)N1CCc2[nH]c3ccc(Cl)cc3c2C1. The lowest BCUT2D eigenvalue weighted by atomic mass is 10.0. The monoisotopic (exact) mass is 290 g/mol. The Bertz CT molecular complexity index is 660. The van der Waals surface area contributed by atoms with Gasteiger partial charge in [0.2, 0.25) is 5.91 Å². The van der Waals surface area contributed by atoms with Gasteiger partial charge in [-0.3, -0.25) is 4.79 Å². The summed E-state index contributed by atoms with van der Waals surface area (Å²) in [5, 5.41) is 1.89. The maximum Gasteiger partial charge on any atom is 0.223 e. The lowest BCUT2D eigenvalue weighted by Gasteiger charge is -2.28. The van der Waals surface area contributed by atoms with Gasteiger partial charge in [0.1, 0.15) is 0 Å². The fourth-order valence-corrected chi connectivity index (χ4v) is 3.05. The Labute approximate surface area is 123 Å². The molecule has 0 saturated heterocycles. The van der Waals surface area contributed by atoms with Crippen LogP contribution in [0, 0.1) is 5.92 Å². The summed E-state index contributed by atoms with van der Waals surface area (Å²) in [6.07, 6.45) is 1.52. The largest absolute Gasteiger partial charge is 0.358 e. The minimum atomic E-state index is 0.252. The predicted molar refractivity (Wildman–Crippen MR) is 81.9 cm³/mol. The molecule has 0 fully saturated rings. The first-order chi connectivity index (χ1) is 9.54. The molecule has 1 N–H and O–H groups in total. The van der Waals surface area contributed by atoms with E-state index in [-0.39, 0.29) is 5.91 Å². The van der Waals surface area contributed by atoms with Gasteiger partial charge in [-0.1, -0.05) is 25.4 Å². The molecule has 20 heavy (non-hydrogen) atoms. The first-order valence-electron chi connectivity index (χ1n) is 7.11. The smallest absolute Gasteiger partial charge is 0.223 e. The molecule has 1 aliphatic heterocycles. The van der Waals surface area contributed by atoms with Gasteiger partial charge in [-0.2, -0.15) is 0 Å². The number of fused-ring (bicyclic) bond motifs is 3. The van der Waals surface area contributed by atoms with Crippen molar-refractivity contribution < 1.29 is 4.79 Å². The van der Waals surface area contributed by atoms with E-state index < -0.39 is 0 Å². The van der Waals surface area contributed by atoms with Crippen LogP contribution in [-0.4, -0.2) is 22.3 Å². The van der Waals surface area contributed by atoms with Crippen molar-refractivity contribution >= 4 is 28.4 Å². The first-order valence-corrected chi connectivity index (χ1v) is 7.49. The van der Waals surface area contributed by atoms with Gasteiger partial charge in [0.05, 0.1) is 0 Å². The van der Waals surface area contributed by atoms with Crippen molar-refractivity contribution in [3.8, 4) is 0 Å². The highest BCUT2D eigenvalue weighted by Gasteiger charge is 2.24. The molecule has 3 rings (SSSR count). The van der Waals surface area contributed by atoms with Gasteiger partial charge in [-0.25, -0.2) is 0 Å². The van der Waals surface area contributed by atoms with Crippen molar-refractivity contribution in [1.82, 2.24) is 9.88 Å². The second-order valence-corrected chi connectivity index (χ2v) is 6.37. The van der Waals surface area contributed by atoms with Crippen LogP contribution in [0.15, 0.2) is 18.2 Å². The zero-order chi connectivity index (χ0) is 14.3. The minimum absolute atomic E-state index is 0.252. The number of halogens is 1. The van der Waals surface area contributed by atoms with Crippen LogP contribution in [0.2, 0.25) is 5.02 Å². The number of aromatic nitrogens is 1. The van der Waals surface area contributed by atoms with Gasteiger partial charge in [0.15, 0.2) is 0 Å². The van der Waals surface area contributed by atoms with Crippen LogP contribution in [0.4, 0.5) is 0 Å². The molecule has 0 bridgehead atoms. The second kappa shape index (κ2) is 5.13. The fourth-order valence-electron chi connectivity index (χ4n) is 2.88. The molecule has 3 nitrogen and oxygen atoms in total. The molecule has 1 amide bonds. The van der Waals surface area contributed by atoms with E-state index in [0.29, 0.717) is 18.9 Å². The molecule has 0 atom stereocenters. The molecule has 106 valence electrons. The van der Waals surface area contributed by atoms with E-state index in [9.17, 15) is 4.79 Å². The highest BCUT2D eigenvalue weighted by Crippen LogP contribution is 2.30. The van der Waals surface area contributed by atoms with E-state index in [1.165, 1.54) is 11.3 Å². The first kappa shape index (κ1) is 13.5. The summed E-state index contributed by atoms with van der Waals surface area (Å²) < 4.78 is 0. The summed E-state index contributed by atoms with van der Waals surface area (Å²) in [6.45, 7) is 5.66. The number of benzene rings is 1. The molecule has 1 aliphatic rings. The highest BCUT2D eigenvalue weighted by atomic mass is 35.5. The third-order valence-corrected chi connectivity index (χ3v) is 4.11. The zero-order valence-electron chi connectivity index (χ0n) is 11.9. The van der Waals surface area contributed by atoms with Crippen LogP contribution >= 0.6 is 11.6 Å². The molecule has 2 aromatic rings.